The van der Waals surface area contributed by atoms with E-state index in [1.807, 2.05) is 12.3 Å². The molecule has 0 unspecified atom stereocenters. The van der Waals surface area contributed by atoms with Gasteiger partial charge in [0.25, 0.3) is 0 Å². The number of hydrogen-bond donors (Lipinski definition) is 2. The second-order valence-electron chi connectivity index (χ2n) is 6.94. The van der Waals surface area contributed by atoms with Crippen LogP contribution in [0.25, 0.3) is 10.9 Å². The number of nitrogens with one attached hydrogen (secondary N) is 1. The van der Waals surface area contributed by atoms with Crippen molar-refractivity contribution >= 4 is 19.0 Å². The van der Waals surface area contributed by atoms with E-state index in [-0.39, 0.29) is 6.61 Å². The Hall–Kier alpha value is -1.14. The van der Waals surface area contributed by atoms with Gasteiger partial charge in [0.05, 0.1) is 13.2 Å². The molecule has 0 fully saturated rings. The van der Waals surface area contributed by atoms with E-state index in [9.17, 15) is 5.11 Å². The van der Waals surface area contributed by atoms with Gasteiger partial charge in [-0.05, 0) is 35.7 Å². The van der Waals surface area contributed by atoms with Gasteiger partial charge < -0.3 is 19.6 Å². The maximum absolute atomic E-state index is 9.66. The number of hydrogen-bond acceptors (Lipinski definition) is 3. The summed E-state index contributed by atoms with van der Waals surface area (Å²) < 4.78 is 11.2. The van der Waals surface area contributed by atoms with Crippen LogP contribution in [0, 0.1) is 6.92 Å². The molecule has 0 saturated carbocycles. The predicted molar refractivity (Wildman–Crippen MR) is 92.7 cm³/mol. The van der Waals surface area contributed by atoms with E-state index in [4.69, 9.17) is 9.47 Å². The summed E-state index contributed by atoms with van der Waals surface area (Å²) in [5.74, 6) is 0. The van der Waals surface area contributed by atoms with Gasteiger partial charge in [0.1, 0.15) is 6.79 Å². The number of fused-ring (bicyclic) bond motifs is 1. The molecule has 1 aromatic heterocycles. The summed E-state index contributed by atoms with van der Waals surface area (Å²) in [6, 6.07) is 5.22. The van der Waals surface area contributed by atoms with Crippen LogP contribution in [0.3, 0.4) is 0 Å². The van der Waals surface area contributed by atoms with Crippen LogP contribution in [-0.2, 0) is 22.7 Å². The summed E-state index contributed by atoms with van der Waals surface area (Å²) in [6.07, 6.45) is 1.90. The molecule has 122 valence electrons. The van der Waals surface area contributed by atoms with Gasteiger partial charge in [-0.15, -0.1) is 0 Å². The lowest BCUT2D eigenvalue weighted by atomic mass is 10.0. The summed E-state index contributed by atoms with van der Waals surface area (Å²) in [4.78, 5) is 3.22. The van der Waals surface area contributed by atoms with E-state index in [0.717, 1.165) is 40.2 Å². The molecule has 0 bridgehead atoms. The van der Waals surface area contributed by atoms with Gasteiger partial charge in [0.15, 0.2) is 0 Å². The molecule has 0 aliphatic rings. The smallest absolute Gasteiger partial charge is 0.147 e. The summed E-state index contributed by atoms with van der Waals surface area (Å²) in [6.45, 7) is 10.6. The average molecular weight is 321 g/mol. The third kappa shape index (κ3) is 4.43. The summed E-state index contributed by atoms with van der Waals surface area (Å²) >= 11 is 0. The molecule has 0 radical (unpaired) electrons. The highest BCUT2D eigenvalue weighted by Crippen LogP contribution is 2.26. The molecular formula is C17H27NO3Si. The summed E-state index contributed by atoms with van der Waals surface area (Å²) in [5, 5.41) is 10.7. The summed E-state index contributed by atoms with van der Waals surface area (Å²) in [7, 11) is -1.04. The van der Waals surface area contributed by atoms with Crippen LogP contribution in [0.15, 0.2) is 18.3 Å². The van der Waals surface area contributed by atoms with Crippen molar-refractivity contribution in [1.29, 1.82) is 0 Å². The molecule has 5 heteroatoms. The van der Waals surface area contributed by atoms with Crippen LogP contribution in [0.1, 0.15) is 16.7 Å². The van der Waals surface area contributed by atoms with Crippen LogP contribution < -0.4 is 0 Å². The molecule has 2 rings (SSSR count). The topological polar surface area (TPSA) is 54.5 Å². The lowest BCUT2D eigenvalue weighted by molar-refractivity contribution is -0.0576. The number of benzene rings is 1. The minimum absolute atomic E-state index is 0.0177. The molecule has 0 atom stereocenters. The van der Waals surface area contributed by atoms with Crippen molar-refractivity contribution in [2.45, 2.75) is 45.8 Å². The highest BCUT2D eigenvalue weighted by Gasteiger charge is 2.13. The highest BCUT2D eigenvalue weighted by atomic mass is 28.3. The Morgan fingerprint density at radius 1 is 1.23 bits per heavy atom. The second-order valence-corrected chi connectivity index (χ2v) is 12.6. The van der Waals surface area contributed by atoms with Crippen molar-refractivity contribution in [3.05, 3.63) is 35.0 Å². The standard InChI is InChI=1S/C17H27NO3Si/c1-13-9-14(11-21-12-20-7-8-22(2,3)4)16(10-19)15-5-6-18-17(13)15/h5-6,9,18-19H,7-8,10-12H2,1-4H3. The molecule has 0 aliphatic carbocycles. The molecule has 1 heterocycles. The average Bonchev–Trinajstić information content (AvgIpc) is 2.91. The summed E-state index contributed by atoms with van der Waals surface area (Å²) in [5.41, 5.74) is 4.21. The largest absolute Gasteiger partial charge is 0.392 e. The Morgan fingerprint density at radius 3 is 2.68 bits per heavy atom. The number of aliphatic hydroxyl groups excluding tert-OH is 1. The number of aryl methyl sites for hydroxylation is 1. The maximum Gasteiger partial charge on any atom is 0.147 e. The minimum Gasteiger partial charge on any atom is -0.392 e. The minimum atomic E-state index is -1.04. The monoisotopic (exact) mass is 321 g/mol. The number of H-pyrrole nitrogens is 1. The Kier molecular flexibility index (Phi) is 5.80. The van der Waals surface area contributed by atoms with Crippen molar-refractivity contribution in [2.24, 2.45) is 0 Å². The molecule has 2 aromatic rings. The molecule has 2 N–H and O–H groups in total. The van der Waals surface area contributed by atoms with Crippen molar-refractivity contribution in [3.8, 4) is 0 Å². The van der Waals surface area contributed by atoms with Crippen LogP contribution in [0.2, 0.25) is 25.7 Å². The fourth-order valence-corrected chi connectivity index (χ4v) is 3.26. The fraction of sp³-hybridized carbons (Fsp3) is 0.529. The van der Waals surface area contributed by atoms with Crippen LogP contribution in [0.5, 0.6) is 0 Å². The van der Waals surface area contributed by atoms with Crippen LogP contribution >= 0.6 is 0 Å². The second kappa shape index (κ2) is 7.42. The van der Waals surface area contributed by atoms with E-state index < -0.39 is 8.07 Å². The van der Waals surface area contributed by atoms with Gasteiger partial charge in [0.2, 0.25) is 0 Å². The first-order chi connectivity index (χ1) is 10.4. The normalized spacial score (nSPS) is 12.2. The fourth-order valence-electron chi connectivity index (χ4n) is 2.50. The Labute approximate surface area is 133 Å². The van der Waals surface area contributed by atoms with Gasteiger partial charge in [-0.1, -0.05) is 25.7 Å². The van der Waals surface area contributed by atoms with Crippen molar-refractivity contribution < 1.29 is 14.6 Å². The van der Waals surface area contributed by atoms with E-state index in [2.05, 4.69) is 37.6 Å². The van der Waals surface area contributed by atoms with Crippen molar-refractivity contribution in [3.63, 3.8) is 0 Å². The Balaban J connectivity index is 1.91. The Morgan fingerprint density at radius 2 is 2.00 bits per heavy atom. The van der Waals surface area contributed by atoms with Gasteiger partial charge in [-0.3, -0.25) is 0 Å². The first-order valence-electron chi connectivity index (χ1n) is 7.77. The number of aliphatic hydroxyl groups is 1. The van der Waals surface area contributed by atoms with E-state index >= 15 is 0 Å². The van der Waals surface area contributed by atoms with Crippen molar-refractivity contribution in [2.75, 3.05) is 13.4 Å². The lowest BCUT2D eigenvalue weighted by Crippen LogP contribution is -2.22. The van der Waals surface area contributed by atoms with Gasteiger partial charge in [0, 0.05) is 31.8 Å². The van der Waals surface area contributed by atoms with Crippen LogP contribution in [0.4, 0.5) is 0 Å². The van der Waals surface area contributed by atoms with E-state index in [0.29, 0.717) is 13.4 Å². The lowest BCUT2D eigenvalue weighted by Gasteiger charge is -2.16. The number of rotatable bonds is 8. The molecule has 22 heavy (non-hydrogen) atoms. The first-order valence-corrected chi connectivity index (χ1v) is 11.5. The zero-order valence-electron chi connectivity index (χ0n) is 14.0. The quantitative estimate of drug-likeness (QED) is 0.442. The zero-order valence-corrected chi connectivity index (χ0v) is 15.0. The molecule has 0 aliphatic heterocycles. The Bertz CT molecular complexity index is 616. The third-order valence-corrected chi connectivity index (χ3v) is 5.53. The molecule has 4 nitrogen and oxygen atoms in total. The SMILES string of the molecule is Cc1cc(COCOCC[Si](C)(C)C)c(CO)c2cc[nH]c12. The molecule has 1 aromatic carbocycles. The number of aromatic nitrogens is 1. The first kappa shape index (κ1) is 17.2. The van der Waals surface area contributed by atoms with Crippen molar-refractivity contribution in [1.82, 2.24) is 4.98 Å². The molecule has 0 amide bonds. The zero-order chi connectivity index (χ0) is 16.2. The maximum atomic E-state index is 9.66. The third-order valence-electron chi connectivity index (χ3n) is 3.82. The van der Waals surface area contributed by atoms with Gasteiger partial charge >= 0.3 is 0 Å². The van der Waals surface area contributed by atoms with Crippen LogP contribution in [-0.4, -0.2) is 31.6 Å². The highest BCUT2D eigenvalue weighted by molar-refractivity contribution is 6.76. The molecule has 0 spiro atoms. The molecule has 0 saturated heterocycles. The van der Waals surface area contributed by atoms with Gasteiger partial charge in [-0.2, -0.15) is 0 Å². The number of ether oxygens (including phenoxy) is 2. The predicted octanol–water partition coefficient (Wildman–Crippen LogP) is 3.80. The van der Waals surface area contributed by atoms with E-state index in [1.165, 1.54) is 0 Å². The van der Waals surface area contributed by atoms with Gasteiger partial charge in [-0.25, -0.2) is 0 Å². The number of aromatic amines is 1. The van der Waals surface area contributed by atoms with E-state index in [1.54, 1.807) is 0 Å². The molecular weight excluding hydrogens is 294 g/mol.